The normalized spacial score (nSPS) is 30.3. The van der Waals surface area contributed by atoms with Crippen molar-refractivity contribution in [2.24, 2.45) is 5.92 Å². The molecule has 1 saturated carbocycles. The van der Waals surface area contributed by atoms with Crippen molar-refractivity contribution in [2.45, 2.75) is 50.5 Å². The van der Waals surface area contributed by atoms with Gasteiger partial charge in [0.2, 0.25) is 0 Å². The molecule has 4 rings (SSSR count). The predicted octanol–water partition coefficient (Wildman–Crippen LogP) is 2.87. The van der Waals surface area contributed by atoms with E-state index in [1.54, 1.807) is 7.11 Å². The molecule has 1 aliphatic carbocycles. The fourth-order valence-corrected chi connectivity index (χ4v) is 4.50. The molecule has 0 spiro atoms. The molecular weight excluding hydrogens is 330 g/mol. The van der Waals surface area contributed by atoms with Gasteiger partial charge in [-0.3, -0.25) is 4.90 Å². The average molecular weight is 361 g/mol. The summed E-state index contributed by atoms with van der Waals surface area (Å²) in [6.45, 7) is 5.41. The first-order valence-electron chi connectivity index (χ1n) is 10.0. The van der Waals surface area contributed by atoms with Gasteiger partial charge in [0.05, 0.1) is 32.5 Å². The highest BCUT2D eigenvalue weighted by Crippen LogP contribution is 2.33. The zero-order valence-corrected chi connectivity index (χ0v) is 15.8. The van der Waals surface area contributed by atoms with Gasteiger partial charge in [-0.2, -0.15) is 0 Å². The third-order valence-corrected chi connectivity index (χ3v) is 6.08. The van der Waals surface area contributed by atoms with Crippen LogP contribution in [0.5, 0.6) is 5.75 Å². The number of morpholine rings is 1. The molecule has 1 aromatic rings. The van der Waals surface area contributed by atoms with Crippen molar-refractivity contribution < 1.29 is 18.9 Å². The zero-order valence-electron chi connectivity index (χ0n) is 15.8. The van der Waals surface area contributed by atoms with Gasteiger partial charge in [0.1, 0.15) is 5.75 Å². The zero-order chi connectivity index (χ0) is 17.8. The monoisotopic (exact) mass is 361 g/mol. The van der Waals surface area contributed by atoms with Crippen molar-refractivity contribution >= 4 is 0 Å². The highest BCUT2D eigenvalue weighted by atomic mass is 16.5. The molecule has 3 fully saturated rings. The first-order valence-corrected chi connectivity index (χ1v) is 10.0. The minimum atomic E-state index is 0.224. The van der Waals surface area contributed by atoms with Crippen LogP contribution in [0.15, 0.2) is 24.3 Å². The van der Waals surface area contributed by atoms with Crippen molar-refractivity contribution in [2.75, 3.05) is 40.1 Å². The van der Waals surface area contributed by atoms with Crippen LogP contribution >= 0.6 is 0 Å². The van der Waals surface area contributed by atoms with Gasteiger partial charge in [-0.05, 0) is 49.3 Å². The van der Waals surface area contributed by atoms with Gasteiger partial charge in [0.15, 0.2) is 0 Å². The highest BCUT2D eigenvalue weighted by molar-refractivity contribution is 5.27. The van der Waals surface area contributed by atoms with E-state index in [-0.39, 0.29) is 12.2 Å². The summed E-state index contributed by atoms with van der Waals surface area (Å²) in [4.78, 5) is 2.58. The van der Waals surface area contributed by atoms with E-state index in [2.05, 4.69) is 17.0 Å². The summed E-state index contributed by atoms with van der Waals surface area (Å²) >= 11 is 0. The van der Waals surface area contributed by atoms with E-state index in [0.29, 0.717) is 12.0 Å². The number of nitrogens with zero attached hydrogens (tertiary/aromatic N) is 1. The first-order chi connectivity index (χ1) is 12.8. The van der Waals surface area contributed by atoms with Gasteiger partial charge >= 0.3 is 0 Å². The minimum absolute atomic E-state index is 0.224. The topological polar surface area (TPSA) is 40.2 Å². The lowest BCUT2D eigenvalue weighted by Gasteiger charge is -2.39. The van der Waals surface area contributed by atoms with Crippen LogP contribution in [0.3, 0.4) is 0 Å². The fourth-order valence-electron chi connectivity index (χ4n) is 4.50. The Bertz CT molecular complexity index is 558. The molecule has 1 aromatic carbocycles. The molecule has 0 amide bonds. The summed E-state index contributed by atoms with van der Waals surface area (Å²) in [5.74, 6) is 1.57. The van der Waals surface area contributed by atoms with E-state index in [4.69, 9.17) is 18.9 Å². The van der Waals surface area contributed by atoms with Crippen LogP contribution in [0.4, 0.5) is 0 Å². The van der Waals surface area contributed by atoms with Gasteiger partial charge < -0.3 is 18.9 Å². The first kappa shape index (κ1) is 18.2. The molecule has 0 aromatic heterocycles. The van der Waals surface area contributed by atoms with Gasteiger partial charge in [0, 0.05) is 32.3 Å². The maximum Gasteiger partial charge on any atom is 0.118 e. The van der Waals surface area contributed by atoms with Crippen LogP contribution in [0.2, 0.25) is 0 Å². The quantitative estimate of drug-likeness (QED) is 0.779. The molecule has 26 heavy (non-hydrogen) atoms. The van der Waals surface area contributed by atoms with Crippen molar-refractivity contribution in [3.05, 3.63) is 29.8 Å². The van der Waals surface area contributed by atoms with E-state index >= 15 is 0 Å². The Balaban J connectivity index is 1.32. The number of methoxy groups -OCH3 is 1. The second-order valence-electron chi connectivity index (χ2n) is 7.73. The van der Waals surface area contributed by atoms with Crippen LogP contribution in [0.25, 0.3) is 0 Å². The molecule has 0 N–H and O–H groups in total. The highest BCUT2D eigenvalue weighted by Gasteiger charge is 2.43. The molecule has 2 heterocycles. The Hall–Kier alpha value is -1.14. The third-order valence-electron chi connectivity index (χ3n) is 6.08. The summed E-state index contributed by atoms with van der Waals surface area (Å²) in [5.41, 5.74) is 1.33. The molecule has 0 unspecified atom stereocenters. The Labute approximate surface area is 156 Å². The summed E-state index contributed by atoms with van der Waals surface area (Å²) in [7, 11) is 1.71. The van der Waals surface area contributed by atoms with Gasteiger partial charge in [-0.1, -0.05) is 12.1 Å². The molecule has 3 aliphatic rings. The standard InChI is InChI=1S/C21H31NO4/c1-23-18-4-2-16(3-5-18)14-22-10-13-25-21-19(22)6-7-20(21)26-15-17-8-11-24-12-9-17/h2-5,17,19-21H,6-15H2,1H3/t19-,20+,21+/m0/s1. The lowest BCUT2D eigenvalue weighted by Crippen LogP contribution is -2.51. The van der Waals surface area contributed by atoms with E-state index < -0.39 is 0 Å². The van der Waals surface area contributed by atoms with Crippen molar-refractivity contribution in [3.63, 3.8) is 0 Å². The number of hydrogen-bond donors (Lipinski definition) is 0. The Morgan fingerprint density at radius 2 is 1.85 bits per heavy atom. The van der Waals surface area contributed by atoms with Crippen LogP contribution < -0.4 is 4.74 Å². The molecule has 0 radical (unpaired) electrons. The van der Waals surface area contributed by atoms with E-state index in [1.807, 2.05) is 12.1 Å². The van der Waals surface area contributed by atoms with Gasteiger partial charge in [-0.25, -0.2) is 0 Å². The molecule has 2 saturated heterocycles. The molecule has 2 aliphatic heterocycles. The average Bonchev–Trinajstić information content (AvgIpc) is 3.12. The summed E-state index contributed by atoms with van der Waals surface area (Å²) in [5, 5.41) is 0. The molecule has 5 nitrogen and oxygen atoms in total. The SMILES string of the molecule is COc1ccc(CN2CCO[C@H]3[C@H](OCC4CCOCC4)CC[C@@H]32)cc1. The molecular formula is C21H31NO4. The maximum absolute atomic E-state index is 6.32. The Morgan fingerprint density at radius 3 is 2.62 bits per heavy atom. The number of hydrogen-bond acceptors (Lipinski definition) is 5. The molecule has 0 bridgehead atoms. The fraction of sp³-hybridized carbons (Fsp3) is 0.714. The Kier molecular flexibility index (Phi) is 6.10. The second kappa shape index (κ2) is 8.70. The van der Waals surface area contributed by atoms with Gasteiger partial charge in [-0.15, -0.1) is 0 Å². The van der Waals surface area contributed by atoms with Crippen molar-refractivity contribution in [1.82, 2.24) is 4.90 Å². The number of benzene rings is 1. The predicted molar refractivity (Wildman–Crippen MR) is 99.4 cm³/mol. The van der Waals surface area contributed by atoms with Crippen molar-refractivity contribution in [3.8, 4) is 5.75 Å². The van der Waals surface area contributed by atoms with Crippen LogP contribution in [-0.2, 0) is 20.8 Å². The number of ether oxygens (including phenoxy) is 4. The number of fused-ring (bicyclic) bond motifs is 1. The van der Waals surface area contributed by atoms with Gasteiger partial charge in [0.25, 0.3) is 0 Å². The number of rotatable bonds is 6. The third kappa shape index (κ3) is 4.22. The molecule has 5 heteroatoms. The smallest absolute Gasteiger partial charge is 0.118 e. The molecule has 144 valence electrons. The summed E-state index contributed by atoms with van der Waals surface area (Å²) in [6.07, 6.45) is 5.01. The summed E-state index contributed by atoms with van der Waals surface area (Å²) in [6, 6.07) is 8.89. The van der Waals surface area contributed by atoms with Crippen LogP contribution in [0.1, 0.15) is 31.2 Å². The largest absolute Gasteiger partial charge is 0.497 e. The lowest BCUT2D eigenvalue weighted by molar-refractivity contribution is -0.122. The Morgan fingerprint density at radius 1 is 1.04 bits per heavy atom. The van der Waals surface area contributed by atoms with E-state index in [0.717, 1.165) is 64.5 Å². The second-order valence-corrected chi connectivity index (χ2v) is 7.73. The summed E-state index contributed by atoms with van der Waals surface area (Å²) < 4.78 is 23.2. The minimum Gasteiger partial charge on any atom is -0.497 e. The molecule has 3 atom stereocenters. The lowest BCUT2D eigenvalue weighted by atomic mass is 10.0. The van der Waals surface area contributed by atoms with E-state index in [1.165, 1.54) is 12.0 Å². The van der Waals surface area contributed by atoms with E-state index in [9.17, 15) is 0 Å². The maximum atomic E-state index is 6.32. The van der Waals surface area contributed by atoms with Crippen LogP contribution in [-0.4, -0.2) is 63.2 Å². The van der Waals surface area contributed by atoms with Crippen molar-refractivity contribution in [1.29, 1.82) is 0 Å². The van der Waals surface area contributed by atoms with Crippen LogP contribution in [0, 0.1) is 5.92 Å².